The lowest BCUT2D eigenvalue weighted by Gasteiger charge is -2.51. The highest BCUT2D eigenvalue weighted by atomic mass is 29.3. The zero-order chi connectivity index (χ0) is 11.6. The summed E-state index contributed by atoms with van der Waals surface area (Å²) >= 11 is 0. The Labute approximate surface area is 93.3 Å². The molecule has 0 aromatic carbocycles. The minimum absolute atomic E-state index is 0.585. The van der Waals surface area contributed by atoms with Gasteiger partial charge in [-0.05, 0) is 5.04 Å². The molecule has 0 amide bonds. The van der Waals surface area contributed by atoms with E-state index in [2.05, 4.69) is 54.6 Å². The predicted molar refractivity (Wildman–Crippen MR) is 74.4 cm³/mol. The molecule has 0 N–H and O–H groups in total. The van der Waals surface area contributed by atoms with Gasteiger partial charge in [0.15, 0.2) is 0 Å². The normalized spacial score (nSPS) is 14.6. The molecule has 2 heteroatoms. The van der Waals surface area contributed by atoms with Crippen LogP contribution >= 0.6 is 0 Å². The topological polar surface area (TPSA) is 0 Å². The molecule has 0 saturated carbocycles. The Morgan fingerprint density at radius 1 is 0.786 bits per heavy atom. The highest BCUT2D eigenvalue weighted by molar-refractivity contribution is 7.42. The van der Waals surface area contributed by atoms with Crippen LogP contribution in [0.4, 0.5) is 0 Å². The first kappa shape index (κ1) is 14.4. The maximum atomic E-state index is 2.65. The molecule has 0 aromatic rings. The summed E-state index contributed by atoms with van der Waals surface area (Å²) in [6.45, 7) is 20.1. The van der Waals surface area contributed by atoms with Crippen LogP contribution in [0.15, 0.2) is 0 Å². The van der Waals surface area contributed by atoms with E-state index >= 15 is 0 Å². The van der Waals surface area contributed by atoms with Crippen LogP contribution in [0, 0.1) is 0 Å². The minimum Gasteiger partial charge on any atom is -0.0709 e. The highest BCUT2D eigenvalue weighted by Crippen LogP contribution is 2.46. The molecule has 0 unspecified atom stereocenters. The third kappa shape index (κ3) is 2.16. The third-order valence-electron chi connectivity index (χ3n) is 5.23. The Hall–Kier alpha value is 0.434. The summed E-state index contributed by atoms with van der Waals surface area (Å²) < 4.78 is 0. The number of rotatable bonds is 4. The van der Waals surface area contributed by atoms with Gasteiger partial charge in [-0.3, -0.25) is 0 Å². The predicted octanol–water partition coefficient (Wildman–Crippen LogP) is 5.08. The first-order valence-corrected chi connectivity index (χ1v) is 12.8. The molecule has 0 aliphatic rings. The van der Waals surface area contributed by atoms with Crippen LogP contribution in [-0.2, 0) is 0 Å². The summed E-state index contributed by atoms with van der Waals surface area (Å²) in [5.41, 5.74) is 0. The van der Waals surface area contributed by atoms with E-state index in [1.54, 1.807) is 0 Å². The van der Waals surface area contributed by atoms with Crippen LogP contribution in [0.3, 0.4) is 0 Å². The van der Waals surface area contributed by atoms with Crippen molar-refractivity contribution in [1.82, 2.24) is 0 Å². The number of hydrogen-bond acceptors (Lipinski definition) is 0. The van der Waals surface area contributed by atoms with Gasteiger partial charge >= 0.3 is 0 Å². The first-order valence-electron chi connectivity index (χ1n) is 6.18. The zero-order valence-corrected chi connectivity index (χ0v) is 13.6. The Bertz CT molecular complexity index is 165. The second-order valence-electron chi connectivity index (χ2n) is 6.22. The van der Waals surface area contributed by atoms with Gasteiger partial charge in [0.1, 0.15) is 0 Å². The van der Waals surface area contributed by atoms with E-state index in [0.29, 0.717) is 5.04 Å². The van der Waals surface area contributed by atoms with Crippen LogP contribution in [0.25, 0.3) is 0 Å². The molecular weight excluding hydrogens is 200 g/mol. The lowest BCUT2D eigenvalue weighted by molar-refractivity contribution is 0.730. The van der Waals surface area contributed by atoms with Crippen molar-refractivity contribution in [2.24, 2.45) is 0 Å². The summed E-state index contributed by atoms with van der Waals surface area (Å²) in [6.07, 6.45) is 0. The van der Waals surface area contributed by atoms with E-state index in [-0.39, 0.29) is 0 Å². The standard InChI is InChI=1S/C12H30Si2/c1-9-14(10-2,11-3)13(7,8)12(4,5)6/h9-11H2,1-8H3. The molecule has 0 atom stereocenters. The lowest BCUT2D eigenvalue weighted by Crippen LogP contribution is -2.62. The van der Waals surface area contributed by atoms with Gasteiger partial charge in [-0.1, -0.05) is 72.8 Å². The SMILES string of the molecule is CC[Si](CC)(CC)[Si](C)(C)C(C)(C)C. The summed E-state index contributed by atoms with van der Waals surface area (Å²) in [6, 6.07) is 4.49. The van der Waals surface area contributed by atoms with Crippen molar-refractivity contribution in [2.75, 3.05) is 0 Å². The van der Waals surface area contributed by atoms with Crippen LogP contribution in [-0.4, -0.2) is 15.2 Å². The van der Waals surface area contributed by atoms with Crippen LogP contribution < -0.4 is 0 Å². The Morgan fingerprint density at radius 2 is 1.07 bits per heavy atom. The van der Waals surface area contributed by atoms with Crippen LogP contribution in [0.5, 0.6) is 0 Å². The molecule has 0 aromatic heterocycles. The average Bonchev–Trinajstić information content (AvgIpc) is 2.06. The van der Waals surface area contributed by atoms with E-state index in [9.17, 15) is 0 Å². The fourth-order valence-corrected chi connectivity index (χ4v) is 21.3. The minimum atomic E-state index is -1.05. The van der Waals surface area contributed by atoms with Crippen molar-refractivity contribution < 1.29 is 0 Å². The van der Waals surface area contributed by atoms with Gasteiger partial charge in [-0.15, -0.1) is 0 Å². The first-order chi connectivity index (χ1) is 6.18. The van der Waals surface area contributed by atoms with Crippen molar-refractivity contribution >= 4 is 15.2 Å². The lowest BCUT2D eigenvalue weighted by atomic mass is 10.2. The van der Waals surface area contributed by atoms with Gasteiger partial charge < -0.3 is 0 Å². The zero-order valence-electron chi connectivity index (χ0n) is 11.6. The van der Waals surface area contributed by atoms with Gasteiger partial charge in [0.05, 0.1) is 0 Å². The molecule has 0 fully saturated rings. The van der Waals surface area contributed by atoms with Crippen molar-refractivity contribution in [3.05, 3.63) is 0 Å². The molecule has 0 spiro atoms. The smallest absolute Gasteiger partial charge is 0.0470 e. The fraction of sp³-hybridized carbons (Fsp3) is 1.00. The van der Waals surface area contributed by atoms with Crippen LogP contribution in [0.1, 0.15) is 41.5 Å². The highest BCUT2D eigenvalue weighted by Gasteiger charge is 2.50. The van der Waals surface area contributed by atoms with E-state index in [1.165, 1.54) is 18.1 Å². The van der Waals surface area contributed by atoms with Crippen LogP contribution in [0.2, 0.25) is 36.3 Å². The molecule has 0 aliphatic heterocycles. The quantitative estimate of drug-likeness (QED) is 0.591. The summed E-state index contributed by atoms with van der Waals surface area (Å²) in [5, 5.41) is 0.585. The van der Waals surface area contributed by atoms with Gasteiger partial charge in [0.25, 0.3) is 0 Å². The molecule has 0 aliphatic carbocycles. The number of hydrogen-bond donors (Lipinski definition) is 0. The molecule has 0 heterocycles. The van der Waals surface area contributed by atoms with Crippen molar-refractivity contribution in [1.29, 1.82) is 0 Å². The molecule has 0 nitrogen and oxygen atoms in total. The second-order valence-corrected chi connectivity index (χ2v) is 22.6. The van der Waals surface area contributed by atoms with E-state index in [1.807, 2.05) is 0 Å². The summed E-state index contributed by atoms with van der Waals surface area (Å²) in [5.74, 6) is 0. The third-order valence-corrected chi connectivity index (χ3v) is 29.1. The van der Waals surface area contributed by atoms with E-state index in [4.69, 9.17) is 0 Å². The van der Waals surface area contributed by atoms with Gasteiger partial charge in [0.2, 0.25) is 0 Å². The molecule has 0 saturated heterocycles. The molecule has 0 rings (SSSR count). The Balaban J connectivity index is 5.19. The largest absolute Gasteiger partial charge is 0.0709 e. The molecule has 0 bridgehead atoms. The summed E-state index contributed by atoms with van der Waals surface area (Å²) in [4.78, 5) is 0. The van der Waals surface area contributed by atoms with Crippen molar-refractivity contribution in [3.8, 4) is 0 Å². The van der Waals surface area contributed by atoms with E-state index in [0.717, 1.165) is 0 Å². The maximum Gasteiger partial charge on any atom is 0.0470 e. The second kappa shape index (κ2) is 4.52. The van der Waals surface area contributed by atoms with Gasteiger partial charge in [-0.2, -0.15) is 0 Å². The van der Waals surface area contributed by atoms with Crippen molar-refractivity contribution in [2.45, 2.75) is 77.8 Å². The Morgan fingerprint density at radius 3 is 1.14 bits per heavy atom. The Kier molecular flexibility index (Phi) is 4.66. The molecule has 0 radical (unpaired) electrons. The monoisotopic (exact) mass is 230 g/mol. The molecule has 86 valence electrons. The fourth-order valence-electron chi connectivity index (χ4n) is 2.87. The van der Waals surface area contributed by atoms with Gasteiger partial charge in [0, 0.05) is 15.2 Å². The van der Waals surface area contributed by atoms with E-state index < -0.39 is 15.2 Å². The van der Waals surface area contributed by atoms with Gasteiger partial charge in [-0.25, -0.2) is 0 Å². The molecule has 14 heavy (non-hydrogen) atoms. The maximum absolute atomic E-state index is 2.65. The van der Waals surface area contributed by atoms with Crippen molar-refractivity contribution in [3.63, 3.8) is 0 Å². The average molecular weight is 231 g/mol. The summed E-state index contributed by atoms with van der Waals surface area (Å²) in [7, 11) is -1.99. The molecular formula is C12H30Si2.